The molecule has 2 N–H and O–H groups in total. The number of anilines is 1. The van der Waals surface area contributed by atoms with Crippen LogP contribution >= 0.6 is 12.2 Å². The molecule has 1 aromatic carbocycles. The Kier molecular flexibility index (Phi) is 6.55. The van der Waals surface area contributed by atoms with Crippen LogP contribution in [0.15, 0.2) is 30.3 Å². The first-order chi connectivity index (χ1) is 11.1. The fourth-order valence-electron chi connectivity index (χ4n) is 2.35. The van der Waals surface area contributed by atoms with Gasteiger partial charge in [-0.05, 0) is 56.2 Å². The van der Waals surface area contributed by atoms with Gasteiger partial charge in [-0.3, -0.25) is 4.68 Å². The Morgan fingerprint density at radius 1 is 1.30 bits per heavy atom. The molecule has 0 aliphatic carbocycles. The summed E-state index contributed by atoms with van der Waals surface area (Å²) in [6.07, 6.45) is 0.927. The Labute approximate surface area is 143 Å². The van der Waals surface area contributed by atoms with Crippen LogP contribution in [0.4, 0.5) is 5.69 Å². The molecule has 5 nitrogen and oxygen atoms in total. The smallest absolute Gasteiger partial charge is 0.170 e. The van der Waals surface area contributed by atoms with Crippen molar-refractivity contribution in [2.75, 3.05) is 25.6 Å². The summed E-state index contributed by atoms with van der Waals surface area (Å²) in [6.45, 7) is 6.36. The van der Waals surface area contributed by atoms with Crippen LogP contribution in [0.3, 0.4) is 0 Å². The number of methoxy groups -OCH3 is 1. The van der Waals surface area contributed by atoms with Gasteiger partial charge in [-0.25, -0.2) is 0 Å². The van der Waals surface area contributed by atoms with Crippen molar-refractivity contribution in [3.63, 3.8) is 0 Å². The molecular weight excluding hydrogens is 308 g/mol. The van der Waals surface area contributed by atoms with Gasteiger partial charge in [0.15, 0.2) is 5.11 Å². The van der Waals surface area contributed by atoms with Gasteiger partial charge in [0, 0.05) is 31.6 Å². The summed E-state index contributed by atoms with van der Waals surface area (Å²) in [5.41, 5.74) is 4.37. The fourth-order valence-corrected chi connectivity index (χ4v) is 2.57. The Balaban J connectivity index is 1.91. The minimum atomic E-state index is 0.629. The monoisotopic (exact) mass is 332 g/mol. The summed E-state index contributed by atoms with van der Waals surface area (Å²) in [4.78, 5) is 0. The minimum absolute atomic E-state index is 0.629. The molecule has 0 radical (unpaired) electrons. The molecule has 2 rings (SSSR count). The number of aryl methyl sites for hydroxylation is 2. The summed E-state index contributed by atoms with van der Waals surface area (Å²) >= 11 is 5.30. The van der Waals surface area contributed by atoms with Crippen molar-refractivity contribution in [3.8, 4) is 0 Å². The van der Waals surface area contributed by atoms with E-state index in [1.165, 1.54) is 5.56 Å². The Bertz CT molecular complexity index is 654. The third-order valence-corrected chi connectivity index (χ3v) is 3.68. The highest BCUT2D eigenvalue weighted by atomic mass is 32.1. The SMILES string of the molecule is COCCCNC(=S)Nc1cccc(Cn2nc(C)cc2C)c1. The van der Waals surface area contributed by atoms with Gasteiger partial charge in [0.05, 0.1) is 12.2 Å². The minimum Gasteiger partial charge on any atom is -0.385 e. The Hall–Kier alpha value is -1.92. The van der Waals surface area contributed by atoms with E-state index in [1.54, 1.807) is 7.11 Å². The third-order valence-electron chi connectivity index (χ3n) is 3.43. The van der Waals surface area contributed by atoms with Gasteiger partial charge in [-0.1, -0.05) is 12.1 Å². The van der Waals surface area contributed by atoms with Gasteiger partial charge in [-0.2, -0.15) is 5.10 Å². The van der Waals surface area contributed by atoms with Gasteiger partial charge in [-0.15, -0.1) is 0 Å². The molecule has 0 saturated heterocycles. The summed E-state index contributed by atoms with van der Waals surface area (Å²) < 4.78 is 7.02. The molecule has 2 aromatic rings. The van der Waals surface area contributed by atoms with Gasteiger partial charge in [0.2, 0.25) is 0 Å². The van der Waals surface area contributed by atoms with Crippen LogP contribution in [0, 0.1) is 13.8 Å². The van der Waals surface area contributed by atoms with Crippen molar-refractivity contribution in [1.29, 1.82) is 0 Å². The van der Waals surface area contributed by atoms with Crippen LogP contribution in [-0.2, 0) is 11.3 Å². The summed E-state index contributed by atoms with van der Waals surface area (Å²) in [7, 11) is 1.70. The van der Waals surface area contributed by atoms with Gasteiger partial charge >= 0.3 is 0 Å². The predicted octanol–water partition coefficient (Wildman–Crippen LogP) is 2.87. The van der Waals surface area contributed by atoms with Crippen LogP contribution < -0.4 is 10.6 Å². The number of rotatable bonds is 7. The first kappa shape index (κ1) is 17.4. The normalized spacial score (nSPS) is 10.6. The van der Waals surface area contributed by atoms with E-state index in [9.17, 15) is 0 Å². The quantitative estimate of drug-likeness (QED) is 0.603. The van der Waals surface area contributed by atoms with E-state index >= 15 is 0 Å². The second-order valence-corrected chi connectivity index (χ2v) is 5.92. The lowest BCUT2D eigenvalue weighted by molar-refractivity contribution is 0.196. The average molecular weight is 332 g/mol. The lowest BCUT2D eigenvalue weighted by Gasteiger charge is -2.12. The number of nitrogens with one attached hydrogen (secondary N) is 2. The van der Waals surface area contributed by atoms with Crippen LogP contribution in [0.2, 0.25) is 0 Å². The summed E-state index contributed by atoms with van der Waals surface area (Å²) in [6, 6.07) is 10.3. The maximum absolute atomic E-state index is 5.30. The lowest BCUT2D eigenvalue weighted by Crippen LogP contribution is -2.29. The Morgan fingerprint density at radius 2 is 2.13 bits per heavy atom. The van der Waals surface area contributed by atoms with Crippen molar-refractivity contribution in [2.45, 2.75) is 26.8 Å². The van der Waals surface area contributed by atoms with E-state index in [0.717, 1.165) is 43.2 Å². The average Bonchev–Trinajstić information content (AvgIpc) is 2.82. The molecule has 0 spiro atoms. The van der Waals surface area contributed by atoms with Crippen LogP contribution in [0.1, 0.15) is 23.4 Å². The zero-order valence-electron chi connectivity index (χ0n) is 13.9. The second-order valence-electron chi connectivity index (χ2n) is 5.51. The number of ether oxygens (including phenoxy) is 1. The zero-order chi connectivity index (χ0) is 16.7. The van der Waals surface area contributed by atoms with E-state index in [1.807, 2.05) is 23.7 Å². The van der Waals surface area contributed by atoms with Crippen molar-refractivity contribution >= 4 is 23.0 Å². The van der Waals surface area contributed by atoms with Crippen molar-refractivity contribution < 1.29 is 4.74 Å². The summed E-state index contributed by atoms with van der Waals surface area (Å²) in [5.74, 6) is 0. The van der Waals surface area contributed by atoms with Crippen molar-refractivity contribution in [2.24, 2.45) is 0 Å². The predicted molar refractivity (Wildman–Crippen MR) is 98.0 cm³/mol. The number of thiocarbonyl (C=S) groups is 1. The first-order valence-corrected chi connectivity index (χ1v) is 8.13. The second kappa shape index (κ2) is 8.64. The highest BCUT2D eigenvalue weighted by molar-refractivity contribution is 7.80. The first-order valence-electron chi connectivity index (χ1n) is 7.72. The molecule has 0 amide bonds. The molecule has 0 unspecified atom stereocenters. The molecule has 0 saturated carbocycles. The van der Waals surface area contributed by atoms with E-state index in [0.29, 0.717) is 5.11 Å². The molecule has 0 bridgehead atoms. The van der Waals surface area contributed by atoms with Crippen LogP contribution in [-0.4, -0.2) is 35.2 Å². The standard InChI is InChI=1S/C17H24N4OS/c1-13-10-14(2)21(20-13)12-15-6-4-7-16(11-15)19-17(23)18-8-5-9-22-3/h4,6-7,10-11H,5,8-9,12H2,1-3H3,(H2,18,19,23). The topological polar surface area (TPSA) is 51.1 Å². The third kappa shape index (κ3) is 5.65. The van der Waals surface area contributed by atoms with Crippen LogP contribution in [0.25, 0.3) is 0 Å². The number of nitrogens with zero attached hydrogens (tertiary/aromatic N) is 2. The van der Waals surface area contributed by atoms with E-state index in [-0.39, 0.29) is 0 Å². The van der Waals surface area contributed by atoms with E-state index < -0.39 is 0 Å². The van der Waals surface area contributed by atoms with Crippen molar-refractivity contribution in [3.05, 3.63) is 47.3 Å². The van der Waals surface area contributed by atoms with E-state index in [4.69, 9.17) is 17.0 Å². The largest absolute Gasteiger partial charge is 0.385 e. The fraction of sp³-hybridized carbons (Fsp3) is 0.412. The molecule has 23 heavy (non-hydrogen) atoms. The van der Waals surface area contributed by atoms with Gasteiger partial charge in [0.25, 0.3) is 0 Å². The molecule has 0 atom stereocenters. The number of benzene rings is 1. The van der Waals surface area contributed by atoms with Crippen molar-refractivity contribution in [1.82, 2.24) is 15.1 Å². The maximum atomic E-state index is 5.30. The molecule has 1 aromatic heterocycles. The number of aromatic nitrogens is 2. The molecule has 0 aliphatic rings. The van der Waals surface area contributed by atoms with E-state index in [2.05, 4.69) is 40.9 Å². The zero-order valence-corrected chi connectivity index (χ0v) is 14.7. The molecule has 1 heterocycles. The molecule has 6 heteroatoms. The highest BCUT2D eigenvalue weighted by Gasteiger charge is 2.03. The number of hydrogen-bond donors (Lipinski definition) is 2. The highest BCUT2D eigenvalue weighted by Crippen LogP contribution is 2.13. The molecule has 0 fully saturated rings. The molecule has 0 aliphatic heterocycles. The Morgan fingerprint density at radius 3 is 2.83 bits per heavy atom. The molecule has 124 valence electrons. The lowest BCUT2D eigenvalue weighted by atomic mass is 10.2. The van der Waals surface area contributed by atoms with Gasteiger partial charge in [0.1, 0.15) is 0 Å². The molecular formula is C17H24N4OS. The maximum Gasteiger partial charge on any atom is 0.170 e. The van der Waals surface area contributed by atoms with Gasteiger partial charge < -0.3 is 15.4 Å². The number of hydrogen-bond acceptors (Lipinski definition) is 3. The van der Waals surface area contributed by atoms with Crippen LogP contribution in [0.5, 0.6) is 0 Å². The summed E-state index contributed by atoms with van der Waals surface area (Å²) in [5, 5.41) is 11.5.